The van der Waals surface area contributed by atoms with Crippen LogP contribution in [0.15, 0.2) is 89.5 Å². The van der Waals surface area contributed by atoms with Crippen LogP contribution >= 0.6 is 0 Å². The van der Waals surface area contributed by atoms with Gasteiger partial charge in [-0.3, -0.25) is 4.99 Å². The van der Waals surface area contributed by atoms with Gasteiger partial charge >= 0.3 is 0 Å². The van der Waals surface area contributed by atoms with Crippen molar-refractivity contribution in [3.8, 4) is 0 Å². The summed E-state index contributed by atoms with van der Waals surface area (Å²) in [6.07, 6.45) is 6.29. The van der Waals surface area contributed by atoms with Crippen molar-refractivity contribution in [3.63, 3.8) is 0 Å². The first kappa shape index (κ1) is 18.2. The van der Waals surface area contributed by atoms with Gasteiger partial charge in [0.05, 0.1) is 18.6 Å². The molecule has 0 aromatic heterocycles. The molecule has 2 N–H and O–H groups in total. The van der Waals surface area contributed by atoms with Crippen LogP contribution in [0.3, 0.4) is 0 Å². The van der Waals surface area contributed by atoms with Crippen LogP contribution in [0.25, 0.3) is 0 Å². The molecule has 0 amide bonds. The average molecular weight is 345 g/mol. The van der Waals surface area contributed by atoms with Gasteiger partial charge in [0, 0.05) is 6.54 Å². The Balaban J connectivity index is 1.70. The molecule has 0 bridgehead atoms. The Bertz CT molecular complexity index is 776. The fourth-order valence-electron chi connectivity index (χ4n) is 3.19. The molecular formula is C23H27N3. The lowest BCUT2D eigenvalue weighted by molar-refractivity contribution is 0.601. The minimum absolute atomic E-state index is 0.127. The van der Waals surface area contributed by atoms with E-state index in [0.29, 0.717) is 0 Å². The van der Waals surface area contributed by atoms with E-state index < -0.39 is 0 Å². The first-order chi connectivity index (χ1) is 12.8. The lowest BCUT2D eigenvalue weighted by Crippen LogP contribution is -2.33. The van der Waals surface area contributed by atoms with Crippen molar-refractivity contribution in [3.05, 3.63) is 95.6 Å². The molecular weight excluding hydrogens is 318 g/mol. The Morgan fingerprint density at radius 3 is 2.42 bits per heavy atom. The van der Waals surface area contributed by atoms with Crippen molar-refractivity contribution in [1.29, 1.82) is 0 Å². The maximum atomic E-state index is 4.97. The molecule has 0 saturated heterocycles. The highest BCUT2D eigenvalue weighted by molar-refractivity contribution is 5.87. The predicted octanol–water partition coefficient (Wildman–Crippen LogP) is 4.41. The largest absolute Gasteiger partial charge is 0.363 e. The van der Waals surface area contributed by atoms with Gasteiger partial charge in [0.15, 0.2) is 0 Å². The predicted molar refractivity (Wildman–Crippen MR) is 110 cm³/mol. The SMILES string of the molecule is C/C=C\C=C(/C)[C@H]1N=C(CNCc2ccccc2)N[C@H]1c1ccccc1. The maximum absolute atomic E-state index is 4.97. The Kier molecular flexibility index (Phi) is 6.39. The molecule has 3 rings (SSSR count). The number of rotatable bonds is 7. The lowest BCUT2D eigenvalue weighted by atomic mass is 9.95. The Morgan fingerprint density at radius 2 is 1.73 bits per heavy atom. The Labute approximate surface area is 156 Å². The van der Waals surface area contributed by atoms with Crippen molar-refractivity contribution in [2.75, 3.05) is 6.54 Å². The van der Waals surface area contributed by atoms with Crippen LogP contribution in [0.1, 0.15) is 31.0 Å². The molecule has 134 valence electrons. The zero-order valence-electron chi connectivity index (χ0n) is 15.5. The standard InChI is InChI=1S/C23H27N3/c1-3-4-11-18(2)22-23(20-14-9-6-10-15-20)26-21(25-22)17-24-16-19-12-7-5-8-13-19/h3-15,22-24H,16-17H2,1-2H3,(H,25,26)/b4-3-,18-11+/t22-,23+/m1/s1. The molecule has 1 aliphatic rings. The van der Waals surface area contributed by atoms with E-state index in [1.165, 1.54) is 16.7 Å². The Morgan fingerprint density at radius 1 is 1.04 bits per heavy atom. The zero-order valence-corrected chi connectivity index (χ0v) is 15.5. The minimum atomic E-state index is 0.127. The van der Waals surface area contributed by atoms with E-state index in [4.69, 9.17) is 4.99 Å². The molecule has 1 heterocycles. The number of nitrogens with one attached hydrogen (secondary N) is 2. The average Bonchev–Trinajstić information content (AvgIpc) is 3.12. The third-order valence-electron chi connectivity index (χ3n) is 4.57. The molecule has 3 heteroatoms. The summed E-state index contributed by atoms with van der Waals surface area (Å²) in [4.78, 5) is 4.97. The van der Waals surface area contributed by atoms with E-state index in [1.807, 2.05) is 13.0 Å². The summed E-state index contributed by atoms with van der Waals surface area (Å²) in [7, 11) is 0. The van der Waals surface area contributed by atoms with Crippen LogP contribution in [0, 0.1) is 0 Å². The number of hydrogen-bond donors (Lipinski definition) is 2. The molecule has 3 nitrogen and oxygen atoms in total. The van der Waals surface area contributed by atoms with Gasteiger partial charge in [0.25, 0.3) is 0 Å². The smallest absolute Gasteiger partial charge is 0.112 e. The van der Waals surface area contributed by atoms with Gasteiger partial charge in [-0.25, -0.2) is 0 Å². The van der Waals surface area contributed by atoms with Crippen molar-refractivity contribution >= 4 is 5.84 Å². The van der Waals surface area contributed by atoms with E-state index in [1.54, 1.807) is 0 Å². The van der Waals surface area contributed by atoms with Crippen molar-refractivity contribution in [1.82, 2.24) is 10.6 Å². The second kappa shape index (κ2) is 9.16. The van der Waals surface area contributed by atoms with Gasteiger partial charge in [0.1, 0.15) is 5.84 Å². The number of nitrogens with zero attached hydrogens (tertiary/aromatic N) is 1. The number of allylic oxidation sites excluding steroid dienone is 3. The summed E-state index contributed by atoms with van der Waals surface area (Å²) in [6, 6.07) is 21.3. The van der Waals surface area contributed by atoms with Gasteiger partial charge in [0.2, 0.25) is 0 Å². The first-order valence-corrected chi connectivity index (χ1v) is 9.20. The van der Waals surface area contributed by atoms with Crippen LogP contribution in [0.2, 0.25) is 0 Å². The van der Waals surface area contributed by atoms with E-state index in [2.05, 4.69) is 90.4 Å². The normalized spacial score (nSPS) is 20.2. The van der Waals surface area contributed by atoms with E-state index >= 15 is 0 Å². The maximum Gasteiger partial charge on any atom is 0.112 e. The quantitative estimate of drug-likeness (QED) is 0.729. The summed E-state index contributed by atoms with van der Waals surface area (Å²) >= 11 is 0. The zero-order chi connectivity index (χ0) is 18.2. The first-order valence-electron chi connectivity index (χ1n) is 9.20. The summed E-state index contributed by atoms with van der Waals surface area (Å²) < 4.78 is 0. The van der Waals surface area contributed by atoms with Crippen molar-refractivity contribution in [2.45, 2.75) is 32.5 Å². The van der Waals surface area contributed by atoms with E-state index in [0.717, 1.165) is 18.9 Å². The number of hydrogen-bond acceptors (Lipinski definition) is 3. The van der Waals surface area contributed by atoms with Crippen LogP contribution in [-0.2, 0) is 6.54 Å². The molecule has 26 heavy (non-hydrogen) atoms. The van der Waals surface area contributed by atoms with Gasteiger partial charge in [-0.05, 0) is 30.5 Å². The monoisotopic (exact) mass is 345 g/mol. The summed E-state index contributed by atoms with van der Waals surface area (Å²) in [5.41, 5.74) is 3.82. The highest BCUT2D eigenvalue weighted by Gasteiger charge is 2.30. The fourth-order valence-corrected chi connectivity index (χ4v) is 3.19. The minimum Gasteiger partial charge on any atom is -0.363 e. The second-order valence-corrected chi connectivity index (χ2v) is 6.58. The number of benzene rings is 2. The molecule has 2 aromatic carbocycles. The molecule has 0 fully saturated rings. The molecule has 0 spiro atoms. The highest BCUT2D eigenvalue weighted by atomic mass is 15.2. The van der Waals surface area contributed by atoms with Gasteiger partial charge in [-0.1, -0.05) is 78.9 Å². The molecule has 2 atom stereocenters. The molecule has 0 radical (unpaired) electrons. The van der Waals surface area contributed by atoms with Gasteiger partial charge in [-0.15, -0.1) is 0 Å². The number of aliphatic imine (C=N–C) groups is 1. The van der Waals surface area contributed by atoms with Crippen LogP contribution in [0.5, 0.6) is 0 Å². The van der Waals surface area contributed by atoms with Crippen molar-refractivity contribution < 1.29 is 0 Å². The third kappa shape index (κ3) is 4.70. The summed E-state index contributed by atoms with van der Waals surface area (Å²) in [5, 5.41) is 7.12. The topological polar surface area (TPSA) is 36.4 Å². The summed E-state index contributed by atoms with van der Waals surface area (Å²) in [5.74, 6) is 1.02. The highest BCUT2D eigenvalue weighted by Crippen LogP contribution is 2.28. The molecule has 0 aliphatic carbocycles. The fraction of sp³-hybridized carbons (Fsp3) is 0.261. The molecule has 1 aliphatic heterocycles. The number of amidine groups is 1. The molecule has 0 unspecified atom stereocenters. The van der Waals surface area contributed by atoms with E-state index in [-0.39, 0.29) is 12.1 Å². The van der Waals surface area contributed by atoms with Crippen LogP contribution in [-0.4, -0.2) is 18.4 Å². The van der Waals surface area contributed by atoms with Gasteiger partial charge in [-0.2, -0.15) is 0 Å². The third-order valence-corrected chi connectivity index (χ3v) is 4.57. The van der Waals surface area contributed by atoms with Crippen molar-refractivity contribution in [2.24, 2.45) is 4.99 Å². The van der Waals surface area contributed by atoms with Crippen LogP contribution < -0.4 is 10.6 Å². The van der Waals surface area contributed by atoms with Crippen LogP contribution in [0.4, 0.5) is 0 Å². The molecule has 2 aromatic rings. The van der Waals surface area contributed by atoms with E-state index in [9.17, 15) is 0 Å². The Hall–Kier alpha value is -2.65. The lowest BCUT2D eigenvalue weighted by Gasteiger charge is -2.20. The summed E-state index contributed by atoms with van der Waals surface area (Å²) in [6.45, 7) is 5.78. The second-order valence-electron chi connectivity index (χ2n) is 6.58. The molecule has 0 saturated carbocycles. The van der Waals surface area contributed by atoms with Gasteiger partial charge < -0.3 is 10.6 Å².